The first-order valence-electron chi connectivity index (χ1n) is 9.45. The Morgan fingerprint density at radius 2 is 1.43 bits per heavy atom. The number of nitrogens with one attached hydrogen (secondary N) is 2. The average molecular weight is 411 g/mol. The third-order valence-corrected chi connectivity index (χ3v) is 4.14. The molecule has 8 heteroatoms. The van der Waals surface area contributed by atoms with Crippen LogP contribution in [0.25, 0.3) is 0 Å². The third kappa shape index (κ3) is 5.91. The van der Waals surface area contributed by atoms with Crippen LogP contribution in [0.4, 0.5) is 10.5 Å². The highest BCUT2D eigenvalue weighted by Crippen LogP contribution is 2.18. The van der Waals surface area contributed by atoms with Gasteiger partial charge in [0.2, 0.25) is 0 Å². The summed E-state index contributed by atoms with van der Waals surface area (Å²) in [5, 5.41) is 4.61. The zero-order valence-corrected chi connectivity index (χ0v) is 17.3. The number of para-hydroxylation sites is 1. The SMILES string of the molecule is CC(C)NC(=O)NC(=O)[C@@H](C)OC(=O)c1ccccc1C(=O)N(C)c1ccccc1. The highest BCUT2D eigenvalue weighted by atomic mass is 16.5. The first kappa shape index (κ1) is 22.6. The van der Waals surface area contributed by atoms with E-state index in [4.69, 9.17) is 4.74 Å². The summed E-state index contributed by atoms with van der Waals surface area (Å²) in [7, 11) is 1.60. The van der Waals surface area contributed by atoms with Crippen molar-refractivity contribution in [3.05, 3.63) is 65.7 Å². The van der Waals surface area contributed by atoms with E-state index in [9.17, 15) is 19.2 Å². The molecule has 0 saturated heterocycles. The van der Waals surface area contributed by atoms with Crippen molar-refractivity contribution in [1.82, 2.24) is 10.6 Å². The fraction of sp³-hybridized carbons (Fsp3) is 0.273. The van der Waals surface area contributed by atoms with Crippen LogP contribution in [-0.4, -0.2) is 43.0 Å². The summed E-state index contributed by atoms with van der Waals surface area (Å²) in [6, 6.07) is 14.3. The van der Waals surface area contributed by atoms with Crippen molar-refractivity contribution in [1.29, 1.82) is 0 Å². The van der Waals surface area contributed by atoms with Gasteiger partial charge in [-0.1, -0.05) is 30.3 Å². The normalized spacial score (nSPS) is 11.4. The predicted molar refractivity (Wildman–Crippen MR) is 112 cm³/mol. The molecule has 0 aliphatic rings. The van der Waals surface area contributed by atoms with Gasteiger partial charge in [0.15, 0.2) is 6.10 Å². The molecule has 0 spiro atoms. The lowest BCUT2D eigenvalue weighted by Gasteiger charge is -2.19. The number of imide groups is 1. The Balaban J connectivity index is 2.12. The summed E-state index contributed by atoms with van der Waals surface area (Å²) in [6.07, 6.45) is -1.23. The van der Waals surface area contributed by atoms with E-state index in [1.807, 2.05) is 6.07 Å². The number of carbonyl (C=O) groups is 4. The van der Waals surface area contributed by atoms with Crippen LogP contribution in [0.1, 0.15) is 41.5 Å². The first-order chi connectivity index (χ1) is 14.2. The number of carbonyl (C=O) groups excluding carboxylic acids is 4. The van der Waals surface area contributed by atoms with Crippen LogP contribution >= 0.6 is 0 Å². The molecule has 2 aromatic carbocycles. The second-order valence-corrected chi connectivity index (χ2v) is 6.91. The molecule has 2 N–H and O–H groups in total. The first-order valence-corrected chi connectivity index (χ1v) is 9.45. The highest BCUT2D eigenvalue weighted by Gasteiger charge is 2.25. The fourth-order valence-corrected chi connectivity index (χ4v) is 2.59. The van der Waals surface area contributed by atoms with Crippen LogP contribution in [0.15, 0.2) is 54.6 Å². The monoisotopic (exact) mass is 411 g/mol. The minimum atomic E-state index is -1.23. The van der Waals surface area contributed by atoms with Crippen LogP contribution in [0, 0.1) is 0 Å². The summed E-state index contributed by atoms with van der Waals surface area (Å²) in [4.78, 5) is 50.7. The number of urea groups is 1. The molecule has 0 aliphatic heterocycles. The molecule has 0 radical (unpaired) electrons. The van der Waals surface area contributed by atoms with Crippen molar-refractivity contribution in [2.45, 2.75) is 32.9 Å². The van der Waals surface area contributed by atoms with E-state index in [1.54, 1.807) is 57.3 Å². The highest BCUT2D eigenvalue weighted by molar-refractivity contribution is 6.12. The van der Waals surface area contributed by atoms with E-state index in [0.717, 1.165) is 0 Å². The predicted octanol–water partition coefficient (Wildman–Crippen LogP) is 2.74. The number of benzene rings is 2. The smallest absolute Gasteiger partial charge is 0.339 e. The summed E-state index contributed by atoms with van der Waals surface area (Å²) < 4.78 is 5.18. The van der Waals surface area contributed by atoms with Crippen LogP contribution in [-0.2, 0) is 9.53 Å². The molecule has 8 nitrogen and oxygen atoms in total. The Morgan fingerprint density at radius 3 is 2.03 bits per heavy atom. The second-order valence-electron chi connectivity index (χ2n) is 6.91. The van der Waals surface area contributed by atoms with Gasteiger partial charge in [0.25, 0.3) is 11.8 Å². The van der Waals surface area contributed by atoms with E-state index in [2.05, 4.69) is 10.6 Å². The molecule has 2 aromatic rings. The van der Waals surface area contributed by atoms with Crippen LogP contribution in [0.5, 0.6) is 0 Å². The number of hydrogen-bond acceptors (Lipinski definition) is 5. The second kappa shape index (κ2) is 10.2. The topological polar surface area (TPSA) is 105 Å². The summed E-state index contributed by atoms with van der Waals surface area (Å²) in [5.41, 5.74) is 0.824. The number of amides is 4. The van der Waals surface area contributed by atoms with Crippen molar-refractivity contribution in [2.75, 3.05) is 11.9 Å². The molecule has 0 bridgehead atoms. The zero-order chi connectivity index (χ0) is 22.3. The molecule has 0 aliphatic carbocycles. The molecule has 1 atom stereocenters. The van der Waals surface area contributed by atoms with Gasteiger partial charge >= 0.3 is 12.0 Å². The van der Waals surface area contributed by atoms with Crippen LogP contribution in [0.3, 0.4) is 0 Å². The number of rotatable bonds is 6. The molecule has 0 heterocycles. The number of hydrogen-bond donors (Lipinski definition) is 2. The lowest BCUT2D eigenvalue weighted by atomic mass is 10.1. The Morgan fingerprint density at radius 1 is 0.867 bits per heavy atom. The van der Waals surface area contributed by atoms with Gasteiger partial charge in [0, 0.05) is 18.8 Å². The molecular weight excluding hydrogens is 386 g/mol. The maximum Gasteiger partial charge on any atom is 0.339 e. The van der Waals surface area contributed by atoms with Gasteiger partial charge in [0.1, 0.15) is 0 Å². The van der Waals surface area contributed by atoms with Crippen LogP contribution < -0.4 is 15.5 Å². The quantitative estimate of drug-likeness (QED) is 0.711. The van der Waals surface area contributed by atoms with E-state index in [-0.39, 0.29) is 17.2 Å². The van der Waals surface area contributed by atoms with E-state index in [0.29, 0.717) is 5.69 Å². The standard InChI is InChI=1S/C22H25N3O5/c1-14(2)23-22(29)24-19(26)15(3)30-21(28)18-13-9-8-12-17(18)20(27)25(4)16-10-6-5-7-11-16/h5-15H,1-4H3,(H2,23,24,26,29)/t15-/m1/s1. The third-order valence-electron chi connectivity index (χ3n) is 4.14. The van der Waals surface area contributed by atoms with Gasteiger partial charge in [-0.25, -0.2) is 9.59 Å². The largest absolute Gasteiger partial charge is 0.449 e. The average Bonchev–Trinajstić information content (AvgIpc) is 2.72. The fourth-order valence-electron chi connectivity index (χ4n) is 2.59. The van der Waals surface area contributed by atoms with Gasteiger partial charge in [-0.3, -0.25) is 14.9 Å². The van der Waals surface area contributed by atoms with E-state index >= 15 is 0 Å². The lowest BCUT2D eigenvalue weighted by Crippen LogP contribution is -2.46. The summed E-state index contributed by atoms with van der Waals surface area (Å²) >= 11 is 0. The molecule has 0 fully saturated rings. The van der Waals surface area contributed by atoms with Gasteiger partial charge in [-0.2, -0.15) is 0 Å². The molecular formula is C22H25N3O5. The Hall–Kier alpha value is -3.68. The maximum atomic E-state index is 12.9. The molecule has 158 valence electrons. The summed E-state index contributed by atoms with van der Waals surface area (Å²) in [5.74, 6) is -2.01. The van der Waals surface area contributed by atoms with Gasteiger partial charge in [-0.05, 0) is 45.0 Å². The Kier molecular flexibility index (Phi) is 7.69. The minimum Gasteiger partial charge on any atom is -0.449 e. The number of nitrogens with zero attached hydrogens (tertiary/aromatic N) is 1. The maximum absolute atomic E-state index is 12.9. The van der Waals surface area contributed by atoms with Crippen molar-refractivity contribution in [3.8, 4) is 0 Å². The van der Waals surface area contributed by atoms with E-state index in [1.165, 1.54) is 24.0 Å². The van der Waals surface area contributed by atoms with Gasteiger partial charge in [-0.15, -0.1) is 0 Å². The van der Waals surface area contributed by atoms with Crippen LogP contribution in [0.2, 0.25) is 0 Å². The Bertz CT molecular complexity index is 927. The summed E-state index contributed by atoms with van der Waals surface area (Å²) in [6.45, 7) is 4.83. The molecule has 0 saturated carbocycles. The van der Waals surface area contributed by atoms with Crippen molar-refractivity contribution >= 4 is 29.5 Å². The molecule has 4 amide bonds. The van der Waals surface area contributed by atoms with Crippen molar-refractivity contribution < 1.29 is 23.9 Å². The number of anilines is 1. The molecule has 30 heavy (non-hydrogen) atoms. The molecule has 0 aromatic heterocycles. The Labute approximate surface area is 175 Å². The van der Waals surface area contributed by atoms with Gasteiger partial charge in [0.05, 0.1) is 11.1 Å². The number of esters is 1. The lowest BCUT2D eigenvalue weighted by molar-refractivity contribution is -0.127. The minimum absolute atomic E-state index is 0.0246. The van der Waals surface area contributed by atoms with Gasteiger partial charge < -0.3 is 15.0 Å². The van der Waals surface area contributed by atoms with Crippen molar-refractivity contribution in [2.24, 2.45) is 0 Å². The van der Waals surface area contributed by atoms with Crippen molar-refractivity contribution in [3.63, 3.8) is 0 Å². The van der Waals surface area contributed by atoms with E-state index < -0.39 is 29.9 Å². The molecule has 2 rings (SSSR count). The zero-order valence-electron chi connectivity index (χ0n) is 17.3. The number of ether oxygens (including phenoxy) is 1. The molecule has 0 unspecified atom stereocenters.